The summed E-state index contributed by atoms with van der Waals surface area (Å²) in [6.45, 7) is 8.93. The Bertz CT molecular complexity index is 723. The highest BCUT2D eigenvalue weighted by Crippen LogP contribution is 2.16. The summed E-state index contributed by atoms with van der Waals surface area (Å²) in [6.07, 6.45) is 33.7. The summed E-state index contributed by atoms with van der Waals surface area (Å²) >= 11 is 0. The van der Waals surface area contributed by atoms with Gasteiger partial charge in [0.1, 0.15) is 13.2 Å². The minimum Gasteiger partial charge on any atom is -0.462 e. The normalized spacial score (nSPS) is 12.5. The summed E-state index contributed by atoms with van der Waals surface area (Å²) in [5.74, 6) is -0.0230. The average molecular weight is 681 g/mol. The maximum absolute atomic E-state index is 12.6. The number of hydrogen-bond donors (Lipinski definition) is 0. The van der Waals surface area contributed by atoms with Crippen molar-refractivity contribution in [3.05, 3.63) is 0 Å². The van der Waals surface area contributed by atoms with Crippen molar-refractivity contribution in [2.24, 2.45) is 5.92 Å². The Morgan fingerprint density at radius 3 is 1.08 bits per heavy atom. The summed E-state index contributed by atoms with van der Waals surface area (Å²) < 4.78 is 16.6. The van der Waals surface area contributed by atoms with Crippen molar-refractivity contribution in [3.8, 4) is 0 Å². The Morgan fingerprint density at radius 2 is 0.729 bits per heavy atom. The molecule has 0 saturated heterocycles. The molecule has 0 aromatic rings. The molecule has 0 bridgehead atoms. The van der Waals surface area contributed by atoms with Crippen LogP contribution in [-0.4, -0.2) is 37.2 Å². The first-order valence-electron chi connectivity index (χ1n) is 20.9. The fourth-order valence-corrected chi connectivity index (χ4v) is 6.06. The smallest absolute Gasteiger partial charge is 0.306 e. The van der Waals surface area contributed by atoms with Gasteiger partial charge in [0.05, 0.1) is 0 Å². The van der Waals surface area contributed by atoms with Gasteiger partial charge in [0.15, 0.2) is 6.10 Å². The zero-order chi connectivity index (χ0) is 35.3. The molecule has 0 N–H and O–H groups in total. The van der Waals surface area contributed by atoms with Gasteiger partial charge in [-0.25, -0.2) is 0 Å². The van der Waals surface area contributed by atoms with Crippen molar-refractivity contribution in [2.45, 2.75) is 233 Å². The summed E-state index contributed by atoms with van der Waals surface area (Å²) in [6, 6.07) is 0. The number of ether oxygens (including phenoxy) is 3. The maximum Gasteiger partial charge on any atom is 0.306 e. The largest absolute Gasteiger partial charge is 0.462 e. The van der Waals surface area contributed by atoms with Crippen molar-refractivity contribution in [1.29, 1.82) is 0 Å². The van der Waals surface area contributed by atoms with Crippen LogP contribution in [0.4, 0.5) is 0 Å². The average Bonchev–Trinajstić information content (AvgIpc) is 3.08. The van der Waals surface area contributed by atoms with E-state index in [1.807, 2.05) is 0 Å². The minimum absolute atomic E-state index is 0.0651. The predicted molar refractivity (Wildman–Crippen MR) is 201 cm³/mol. The molecule has 0 aliphatic heterocycles. The highest BCUT2D eigenvalue weighted by molar-refractivity contribution is 5.71. The number of carbonyl (C=O) groups is 3. The van der Waals surface area contributed by atoms with Gasteiger partial charge in [-0.15, -0.1) is 0 Å². The third-order valence-electron chi connectivity index (χ3n) is 9.65. The summed E-state index contributed by atoms with van der Waals surface area (Å²) in [5.41, 5.74) is 0. The molecule has 0 fully saturated rings. The van der Waals surface area contributed by atoms with Crippen LogP contribution < -0.4 is 0 Å². The van der Waals surface area contributed by atoms with Crippen LogP contribution in [0.2, 0.25) is 0 Å². The van der Waals surface area contributed by atoms with Crippen LogP contribution >= 0.6 is 0 Å². The molecular formula is C42H80O6. The van der Waals surface area contributed by atoms with Gasteiger partial charge in [-0.1, -0.05) is 188 Å². The molecule has 1 unspecified atom stereocenters. The van der Waals surface area contributed by atoms with Crippen molar-refractivity contribution >= 4 is 17.9 Å². The predicted octanol–water partition coefficient (Wildman–Crippen LogP) is 12.8. The minimum atomic E-state index is -0.757. The van der Waals surface area contributed by atoms with E-state index in [4.69, 9.17) is 14.2 Å². The fraction of sp³-hybridized carbons (Fsp3) is 0.929. The van der Waals surface area contributed by atoms with Gasteiger partial charge in [-0.2, -0.15) is 0 Å². The molecule has 0 aromatic heterocycles. The third kappa shape index (κ3) is 34.3. The van der Waals surface area contributed by atoms with E-state index in [0.29, 0.717) is 19.3 Å². The molecule has 0 radical (unpaired) electrons. The van der Waals surface area contributed by atoms with Gasteiger partial charge in [0, 0.05) is 19.3 Å². The number of esters is 3. The van der Waals surface area contributed by atoms with Gasteiger partial charge in [0.2, 0.25) is 0 Å². The fourth-order valence-electron chi connectivity index (χ4n) is 6.06. The van der Waals surface area contributed by atoms with Gasteiger partial charge in [-0.05, 0) is 25.2 Å². The molecule has 48 heavy (non-hydrogen) atoms. The molecule has 0 heterocycles. The second kappa shape index (κ2) is 36.7. The highest BCUT2D eigenvalue weighted by atomic mass is 16.6. The van der Waals surface area contributed by atoms with E-state index in [1.54, 1.807) is 0 Å². The van der Waals surface area contributed by atoms with Gasteiger partial charge in [0.25, 0.3) is 0 Å². The van der Waals surface area contributed by atoms with E-state index < -0.39 is 6.10 Å². The SMILES string of the molecule is CCCCCCCCCCCCCC(=O)OC[C@H](COC(=O)CCCCCCCCC)OC(=O)CCCCCCCCCCC(C)CC. The van der Waals surface area contributed by atoms with E-state index in [-0.39, 0.29) is 31.1 Å². The Hall–Kier alpha value is -1.59. The van der Waals surface area contributed by atoms with Crippen LogP contribution in [0.3, 0.4) is 0 Å². The Balaban J connectivity index is 4.32. The van der Waals surface area contributed by atoms with Crippen molar-refractivity contribution in [2.75, 3.05) is 13.2 Å². The van der Waals surface area contributed by atoms with Crippen LogP contribution in [0, 0.1) is 5.92 Å². The quantitative estimate of drug-likeness (QED) is 0.0369. The van der Waals surface area contributed by atoms with Crippen molar-refractivity contribution in [1.82, 2.24) is 0 Å². The van der Waals surface area contributed by atoms with Crippen LogP contribution in [0.5, 0.6) is 0 Å². The first kappa shape index (κ1) is 46.4. The molecule has 0 amide bonds. The zero-order valence-corrected chi connectivity index (χ0v) is 32.4. The third-order valence-corrected chi connectivity index (χ3v) is 9.65. The standard InChI is InChI=1S/C42H80O6/c1-5-8-10-12-14-15-16-17-22-26-30-34-41(44)47-37-39(36-46-40(43)33-29-25-20-13-11-9-6-2)48-42(45)35-31-27-23-19-18-21-24-28-32-38(4)7-3/h38-39H,5-37H2,1-4H3/t38?,39-/m0/s1. The number of hydrogen-bond acceptors (Lipinski definition) is 6. The number of carbonyl (C=O) groups excluding carboxylic acids is 3. The lowest BCUT2D eigenvalue weighted by Crippen LogP contribution is -2.30. The molecular weight excluding hydrogens is 600 g/mol. The molecule has 6 nitrogen and oxygen atoms in total. The van der Waals surface area contributed by atoms with Gasteiger partial charge < -0.3 is 14.2 Å². The van der Waals surface area contributed by atoms with Crippen molar-refractivity contribution < 1.29 is 28.6 Å². The van der Waals surface area contributed by atoms with E-state index in [2.05, 4.69) is 27.7 Å². The van der Waals surface area contributed by atoms with E-state index >= 15 is 0 Å². The van der Waals surface area contributed by atoms with E-state index in [0.717, 1.165) is 63.7 Å². The lowest BCUT2D eigenvalue weighted by atomic mass is 9.99. The Kier molecular flexibility index (Phi) is 35.5. The first-order valence-corrected chi connectivity index (χ1v) is 20.9. The molecule has 0 saturated carbocycles. The molecule has 0 aliphatic rings. The van der Waals surface area contributed by atoms with E-state index in [9.17, 15) is 14.4 Å². The summed E-state index contributed by atoms with van der Waals surface area (Å²) in [5, 5.41) is 0. The van der Waals surface area contributed by atoms with Crippen LogP contribution in [-0.2, 0) is 28.6 Å². The lowest BCUT2D eigenvalue weighted by Gasteiger charge is -2.18. The molecule has 6 heteroatoms. The lowest BCUT2D eigenvalue weighted by molar-refractivity contribution is -0.167. The molecule has 2 atom stereocenters. The summed E-state index contributed by atoms with van der Waals surface area (Å²) in [4.78, 5) is 37.4. The molecule has 0 aromatic carbocycles. The number of unbranched alkanes of at least 4 members (excludes halogenated alkanes) is 23. The van der Waals surface area contributed by atoms with Gasteiger partial charge in [-0.3, -0.25) is 14.4 Å². The first-order chi connectivity index (χ1) is 23.4. The van der Waals surface area contributed by atoms with Crippen LogP contribution in [0.25, 0.3) is 0 Å². The highest BCUT2D eigenvalue weighted by Gasteiger charge is 2.19. The van der Waals surface area contributed by atoms with Gasteiger partial charge >= 0.3 is 17.9 Å². The monoisotopic (exact) mass is 681 g/mol. The summed E-state index contributed by atoms with van der Waals surface area (Å²) in [7, 11) is 0. The molecule has 0 rings (SSSR count). The molecule has 284 valence electrons. The Morgan fingerprint density at radius 1 is 0.417 bits per heavy atom. The van der Waals surface area contributed by atoms with Crippen LogP contribution in [0.15, 0.2) is 0 Å². The number of rotatable bonds is 37. The topological polar surface area (TPSA) is 78.9 Å². The van der Waals surface area contributed by atoms with E-state index in [1.165, 1.54) is 122 Å². The second-order valence-corrected chi connectivity index (χ2v) is 14.5. The Labute approximate surface area is 298 Å². The second-order valence-electron chi connectivity index (χ2n) is 14.5. The zero-order valence-electron chi connectivity index (χ0n) is 32.4. The molecule has 0 aliphatic carbocycles. The van der Waals surface area contributed by atoms with Crippen molar-refractivity contribution in [3.63, 3.8) is 0 Å². The van der Waals surface area contributed by atoms with Crippen LogP contribution in [0.1, 0.15) is 227 Å². The molecule has 0 spiro atoms. The maximum atomic E-state index is 12.6.